The number of hydrogen-bond donors (Lipinski definition) is 1. The van der Waals surface area contributed by atoms with Crippen molar-refractivity contribution in [2.24, 2.45) is 5.92 Å². The highest BCUT2D eigenvalue weighted by Gasteiger charge is 2.33. The van der Waals surface area contributed by atoms with Gasteiger partial charge in [-0.25, -0.2) is 4.79 Å². The maximum absolute atomic E-state index is 13.3. The number of amides is 2. The highest BCUT2D eigenvalue weighted by molar-refractivity contribution is 5.98. The minimum absolute atomic E-state index is 0.0968. The van der Waals surface area contributed by atoms with Crippen molar-refractivity contribution in [3.05, 3.63) is 71.8 Å². The molecule has 1 saturated heterocycles. The van der Waals surface area contributed by atoms with Crippen LogP contribution in [0.3, 0.4) is 0 Å². The van der Waals surface area contributed by atoms with Crippen LogP contribution in [0, 0.1) is 5.92 Å². The van der Waals surface area contributed by atoms with E-state index in [4.69, 9.17) is 4.74 Å². The molecule has 2 aromatic rings. The summed E-state index contributed by atoms with van der Waals surface area (Å²) in [5, 5.41) is 2.73. The molecule has 0 saturated carbocycles. The van der Waals surface area contributed by atoms with Crippen molar-refractivity contribution in [3.63, 3.8) is 0 Å². The van der Waals surface area contributed by atoms with Gasteiger partial charge in [-0.3, -0.25) is 9.59 Å². The molecule has 1 N–H and O–H groups in total. The SMILES string of the molecule is CC(C)(C)OC(=O)N[C@@H](C(=O)N1CCC(C(=O)c2ccccc2)CC1)c1ccccc1. The van der Waals surface area contributed by atoms with E-state index >= 15 is 0 Å². The summed E-state index contributed by atoms with van der Waals surface area (Å²) >= 11 is 0. The molecular weight excluding hydrogens is 392 g/mol. The second kappa shape index (κ2) is 9.77. The lowest BCUT2D eigenvalue weighted by molar-refractivity contribution is -0.134. The van der Waals surface area contributed by atoms with Crippen LogP contribution >= 0.6 is 0 Å². The Morgan fingerprint density at radius 1 is 0.935 bits per heavy atom. The van der Waals surface area contributed by atoms with Gasteiger partial charge in [0.1, 0.15) is 11.6 Å². The Balaban J connectivity index is 1.68. The van der Waals surface area contributed by atoms with E-state index in [-0.39, 0.29) is 17.6 Å². The number of piperidine rings is 1. The molecule has 2 aromatic carbocycles. The number of ether oxygens (including phenoxy) is 1. The number of likely N-dealkylation sites (tertiary alicyclic amines) is 1. The lowest BCUT2D eigenvalue weighted by Gasteiger charge is -2.34. The second-order valence-corrected chi connectivity index (χ2v) is 8.82. The molecule has 0 radical (unpaired) electrons. The number of carbonyl (C=O) groups is 3. The van der Waals surface area contributed by atoms with E-state index in [1.165, 1.54) is 0 Å². The molecule has 0 bridgehead atoms. The van der Waals surface area contributed by atoms with Gasteiger partial charge in [-0.05, 0) is 39.2 Å². The van der Waals surface area contributed by atoms with Crippen LogP contribution in [0.15, 0.2) is 60.7 Å². The van der Waals surface area contributed by atoms with Crippen LogP contribution in [-0.2, 0) is 9.53 Å². The second-order valence-electron chi connectivity index (χ2n) is 8.82. The molecule has 31 heavy (non-hydrogen) atoms. The zero-order valence-corrected chi connectivity index (χ0v) is 18.3. The van der Waals surface area contributed by atoms with Crippen LogP contribution in [0.2, 0.25) is 0 Å². The summed E-state index contributed by atoms with van der Waals surface area (Å²) in [7, 11) is 0. The molecule has 6 nitrogen and oxygen atoms in total. The molecule has 1 heterocycles. The summed E-state index contributed by atoms with van der Waals surface area (Å²) in [6, 6.07) is 17.6. The first-order chi connectivity index (χ1) is 14.7. The highest BCUT2D eigenvalue weighted by Crippen LogP contribution is 2.25. The first-order valence-corrected chi connectivity index (χ1v) is 10.7. The summed E-state index contributed by atoms with van der Waals surface area (Å²) < 4.78 is 5.36. The fourth-order valence-electron chi connectivity index (χ4n) is 3.74. The van der Waals surface area contributed by atoms with Gasteiger partial charge in [0.05, 0.1) is 0 Å². The summed E-state index contributed by atoms with van der Waals surface area (Å²) in [5.74, 6) is -0.165. The van der Waals surface area contributed by atoms with E-state index in [0.717, 1.165) is 0 Å². The van der Waals surface area contributed by atoms with Gasteiger partial charge >= 0.3 is 6.09 Å². The minimum Gasteiger partial charge on any atom is -0.444 e. The zero-order valence-electron chi connectivity index (χ0n) is 18.3. The Hall–Kier alpha value is -3.15. The number of benzene rings is 2. The standard InChI is InChI=1S/C25H30N2O4/c1-25(2,3)31-24(30)26-21(18-10-6-4-7-11-18)23(29)27-16-14-20(15-17-27)22(28)19-12-8-5-9-13-19/h4-13,20-21H,14-17H2,1-3H3,(H,26,30)/t21-/m1/s1. The van der Waals surface area contributed by atoms with Gasteiger partial charge in [-0.2, -0.15) is 0 Å². The predicted octanol–water partition coefficient (Wildman–Crippen LogP) is 4.37. The molecule has 1 fully saturated rings. The van der Waals surface area contributed by atoms with Crippen LogP contribution in [-0.4, -0.2) is 41.4 Å². The summed E-state index contributed by atoms with van der Waals surface area (Å²) in [6.45, 7) is 6.28. The first kappa shape index (κ1) is 22.5. The average molecular weight is 423 g/mol. The van der Waals surface area contributed by atoms with Gasteiger partial charge < -0.3 is 15.0 Å². The molecule has 3 rings (SSSR count). The number of ketones is 1. The molecule has 1 aliphatic heterocycles. The molecule has 1 aliphatic rings. The Morgan fingerprint density at radius 2 is 1.48 bits per heavy atom. The quantitative estimate of drug-likeness (QED) is 0.726. The maximum Gasteiger partial charge on any atom is 0.408 e. The molecule has 0 spiro atoms. The van der Waals surface area contributed by atoms with Crippen LogP contribution < -0.4 is 5.32 Å². The number of nitrogens with one attached hydrogen (secondary N) is 1. The van der Waals surface area contributed by atoms with E-state index in [9.17, 15) is 14.4 Å². The van der Waals surface area contributed by atoms with E-state index in [0.29, 0.717) is 37.1 Å². The Morgan fingerprint density at radius 3 is 2.03 bits per heavy atom. The average Bonchev–Trinajstić information content (AvgIpc) is 2.76. The lowest BCUT2D eigenvalue weighted by Crippen LogP contribution is -2.47. The van der Waals surface area contributed by atoms with E-state index in [1.807, 2.05) is 60.7 Å². The molecular formula is C25H30N2O4. The Kier molecular flexibility index (Phi) is 7.10. The summed E-state index contributed by atoms with van der Waals surface area (Å²) in [6.07, 6.45) is 0.574. The van der Waals surface area contributed by atoms with E-state index < -0.39 is 17.7 Å². The highest BCUT2D eigenvalue weighted by atomic mass is 16.6. The third-order valence-electron chi connectivity index (χ3n) is 5.28. The number of Topliss-reactive ketones (excluding diaryl/α,β-unsaturated/α-hetero) is 1. The molecule has 0 aliphatic carbocycles. The molecule has 164 valence electrons. The smallest absolute Gasteiger partial charge is 0.408 e. The van der Waals surface area contributed by atoms with Crippen molar-refractivity contribution in [2.45, 2.75) is 45.3 Å². The van der Waals surface area contributed by atoms with Crippen molar-refractivity contribution in [1.29, 1.82) is 0 Å². The topological polar surface area (TPSA) is 75.7 Å². The van der Waals surface area contributed by atoms with Gasteiger partial charge in [-0.15, -0.1) is 0 Å². The number of alkyl carbamates (subject to hydrolysis) is 1. The van der Waals surface area contributed by atoms with Crippen molar-refractivity contribution in [1.82, 2.24) is 10.2 Å². The Bertz CT molecular complexity index is 898. The Labute approximate surface area is 183 Å². The third kappa shape index (κ3) is 6.17. The van der Waals surface area contributed by atoms with Crippen molar-refractivity contribution < 1.29 is 19.1 Å². The van der Waals surface area contributed by atoms with Gasteiger partial charge in [0, 0.05) is 24.6 Å². The molecule has 0 aromatic heterocycles. The monoisotopic (exact) mass is 422 g/mol. The van der Waals surface area contributed by atoms with Crippen LogP contribution in [0.1, 0.15) is 55.6 Å². The zero-order chi connectivity index (χ0) is 22.4. The van der Waals surface area contributed by atoms with Crippen molar-refractivity contribution >= 4 is 17.8 Å². The molecule has 0 unspecified atom stereocenters. The van der Waals surface area contributed by atoms with E-state index in [1.54, 1.807) is 25.7 Å². The van der Waals surface area contributed by atoms with Gasteiger partial charge in [0.2, 0.25) is 5.91 Å². The first-order valence-electron chi connectivity index (χ1n) is 10.7. The number of carbonyl (C=O) groups excluding carboxylic acids is 3. The predicted molar refractivity (Wildman–Crippen MR) is 119 cm³/mol. The lowest BCUT2D eigenvalue weighted by atomic mass is 9.88. The molecule has 1 atom stereocenters. The summed E-state index contributed by atoms with van der Waals surface area (Å²) in [5.41, 5.74) is 0.742. The maximum atomic E-state index is 13.3. The van der Waals surface area contributed by atoms with Crippen LogP contribution in [0.4, 0.5) is 4.79 Å². The molecule has 2 amide bonds. The van der Waals surface area contributed by atoms with Crippen molar-refractivity contribution in [2.75, 3.05) is 13.1 Å². The third-order valence-corrected chi connectivity index (χ3v) is 5.28. The largest absolute Gasteiger partial charge is 0.444 e. The molecule has 6 heteroatoms. The summed E-state index contributed by atoms with van der Waals surface area (Å²) in [4.78, 5) is 40.2. The fourth-order valence-corrected chi connectivity index (χ4v) is 3.74. The van der Waals surface area contributed by atoms with Crippen LogP contribution in [0.25, 0.3) is 0 Å². The van der Waals surface area contributed by atoms with Gasteiger partial charge in [-0.1, -0.05) is 60.7 Å². The van der Waals surface area contributed by atoms with Crippen molar-refractivity contribution in [3.8, 4) is 0 Å². The number of hydrogen-bond acceptors (Lipinski definition) is 4. The minimum atomic E-state index is -0.836. The number of rotatable bonds is 5. The van der Waals surface area contributed by atoms with Gasteiger partial charge in [0.15, 0.2) is 5.78 Å². The van der Waals surface area contributed by atoms with Crippen LogP contribution in [0.5, 0.6) is 0 Å². The normalized spacial score (nSPS) is 15.8. The fraction of sp³-hybridized carbons (Fsp3) is 0.400. The number of nitrogens with zero attached hydrogens (tertiary/aromatic N) is 1. The van der Waals surface area contributed by atoms with Gasteiger partial charge in [0.25, 0.3) is 0 Å². The van der Waals surface area contributed by atoms with E-state index in [2.05, 4.69) is 5.32 Å².